The number of nitrogens with zero attached hydrogens (tertiary/aromatic N) is 2. The van der Waals surface area contributed by atoms with Crippen molar-refractivity contribution in [2.45, 2.75) is 18.9 Å². The SMILES string of the molecule is CN1CCN(C(=O)N[C@H](CCC(N)=O)C(=O)O)CC1. The van der Waals surface area contributed by atoms with Crippen molar-refractivity contribution >= 4 is 17.9 Å². The third-order valence-electron chi connectivity index (χ3n) is 3.07. The molecule has 0 aliphatic carbocycles. The summed E-state index contributed by atoms with van der Waals surface area (Å²) in [5, 5.41) is 11.4. The van der Waals surface area contributed by atoms with E-state index in [2.05, 4.69) is 10.2 Å². The van der Waals surface area contributed by atoms with Gasteiger partial charge in [0.05, 0.1) is 0 Å². The number of primary amides is 1. The minimum atomic E-state index is -1.16. The summed E-state index contributed by atoms with van der Waals surface area (Å²) in [4.78, 5) is 37.2. The van der Waals surface area contributed by atoms with Gasteiger partial charge in [-0.25, -0.2) is 9.59 Å². The van der Waals surface area contributed by atoms with E-state index in [1.165, 1.54) is 0 Å². The molecule has 1 atom stereocenters. The molecule has 108 valence electrons. The maximum atomic E-state index is 11.9. The maximum Gasteiger partial charge on any atom is 0.326 e. The minimum Gasteiger partial charge on any atom is -0.480 e. The first-order valence-electron chi connectivity index (χ1n) is 6.15. The van der Waals surface area contributed by atoms with Crippen LogP contribution < -0.4 is 11.1 Å². The zero-order chi connectivity index (χ0) is 14.4. The van der Waals surface area contributed by atoms with E-state index in [4.69, 9.17) is 10.8 Å². The summed E-state index contributed by atoms with van der Waals surface area (Å²) >= 11 is 0. The molecule has 0 unspecified atom stereocenters. The highest BCUT2D eigenvalue weighted by molar-refractivity contribution is 5.83. The van der Waals surface area contributed by atoms with Crippen LogP contribution >= 0.6 is 0 Å². The van der Waals surface area contributed by atoms with Crippen molar-refractivity contribution in [3.63, 3.8) is 0 Å². The Labute approximate surface area is 111 Å². The second-order valence-electron chi connectivity index (χ2n) is 4.64. The lowest BCUT2D eigenvalue weighted by Crippen LogP contribution is -2.54. The molecule has 0 aromatic carbocycles. The minimum absolute atomic E-state index is 0.00412. The van der Waals surface area contributed by atoms with Crippen molar-refractivity contribution in [1.82, 2.24) is 15.1 Å². The standard InChI is InChI=1S/C11H20N4O4/c1-14-4-6-15(7-5-14)11(19)13-8(10(17)18)2-3-9(12)16/h8H,2-7H2,1H3,(H2,12,16)(H,13,19)(H,17,18)/t8-/m1/s1. The molecule has 3 amide bonds. The largest absolute Gasteiger partial charge is 0.480 e. The van der Waals surface area contributed by atoms with E-state index in [0.29, 0.717) is 13.1 Å². The Morgan fingerprint density at radius 1 is 1.26 bits per heavy atom. The van der Waals surface area contributed by atoms with Crippen LogP contribution in [0.3, 0.4) is 0 Å². The summed E-state index contributed by atoms with van der Waals surface area (Å²) in [5.74, 6) is -1.75. The van der Waals surface area contributed by atoms with Gasteiger partial charge in [0.2, 0.25) is 5.91 Å². The fraction of sp³-hybridized carbons (Fsp3) is 0.727. The molecule has 8 nitrogen and oxygen atoms in total. The third kappa shape index (κ3) is 5.12. The third-order valence-corrected chi connectivity index (χ3v) is 3.07. The van der Waals surface area contributed by atoms with Crippen LogP contribution in [0.5, 0.6) is 0 Å². The molecule has 19 heavy (non-hydrogen) atoms. The van der Waals surface area contributed by atoms with Gasteiger partial charge in [0.15, 0.2) is 0 Å². The number of rotatable bonds is 5. The molecule has 1 aliphatic heterocycles. The van der Waals surface area contributed by atoms with Crippen molar-refractivity contribution in [2.75, 3.05) is 33.2 Å². The van der Waals surface area contributed by atoms with Gasteiger partial charge in [-0.3, -0.25) is 4.79 Å². The first-order valence-corrected chi connectivity index (χ1v) is 6.15. The van der Waals surface area contributed by atoms with Crippen LogP contribution in [0.4, 0.5) is 4.79 Å². The first kappa shape index (κ1) is 15.2. The van der Waals surface area contributed by atoms with E-state index in [9.17, 15) is 14.4 Å². The van der Waals surface area contributed by atoms with E-state index in [0.717, 1.165) is 13.1 Å². The average Bonchev–Trinajstić information content (AvgIpc) is 2.34. The molecule has 4 N–H and O–H groups in total. The van der Waals surface area contributed by atoms with E-state index in [1.807, 2.05) is 7.05 Å². The number of carboxylic acid groups (broad SMARTS) is 1. The van der Waals surface area contributed by atoms with E-state index >= 15 is 0 Å². The number of piperazine rings is 1. The fourth-order valence-electron chi connectivity index (χ4n) is 1.79. The van der Waals surface area contributed by atoms with Crippen LogP contribution in [0.15, 0.2) is 0 Å². The molecule has 8 heteroatoms. The fourth-order valence-corrected chi connectivity index (χ4v) is 1.79. The summed E-state index contributed by atoms with van der Waals surface area (Å²) in [6.07, 6.45) is -0.0653. The van der Waals surface area contributed by atoms with Gasteiger partial charge in [0.1, 0.15) is 6.04 Å². The number of aliphatic carboxylic acids is 1. The molecule has 0 radical (unpaired) electrons. The lowest BCUT2D eigenvalue weighted by molar-refractivity contribution is -0.139. The van der Waals surface area contributed by atoms with Crippen molar-refractivity contribution in [2.24, 2.45) is 5.73 Å². The number of likely N-dealkylation sites (N-methyl/N-ethyl adjacent to an activating group) is 1. The van der Waals surface area contributed by atoms with Gasteiger partial charge in [-0.1, -0.05) is 0 Å². The van der Waals surface area contributed by atoms with Gasteiger partial charge in [-0.2, -0.15) is 0 Å². The van der Waals surface area contributed by atoms with E-state index in [1.54, 1.807) is 4.90 Å². The summed E-state index contributed by atoms with van der Waals surface area (Å²) < 4.78 is 0. The highest BCUT2D eigenvalue weighted by Crippen LogP contribution is 2.03. The van der Waals surface area contributed by atoms with Crippen LogP contribution in [0.1, 0.15) is 12.8 Å². The molecule has 1 heterocycles. The number of carbonyl (C=O) groups excluding carboxylic acids is 2. The van der Waals surface area contributed by atoms with Gasteiger partial charge in [-0.05, 0) is 13.5 Å². The summed E-state index contributed by atoms with van der Waals surface area (Å²) in [5.41, 5.74) is 4.97. The number of hydrogen-bond acceptors (Lipinski definition) is 4. The zero-order valence-electron chi connectivity index (χ0n) is 11.0. The number of urea groups is 1. The number of amides is 3. The number of nitrogens with one attached hydrogen (secondary N) is 1. The predicted molar refractivity (Wildman–Crippen MR) is 67.5 cm³/mol. The molecule has 0 aromatic rings. The van der Waals surface area contributed by atoms with E-state index in [-0.39, 0.29) is 12.8 Å². The summed E-state index contributed by atoms with van der Waals surface area (Å²) in [7, 11) is 1.96. The second-order valence-corrected chi connectivity index (χ2v) is 4.64. The molecular formula is C11H20N4O4. The summed E-state index contributed by atoms with van der Waals surface area (Å²) in [6, 6.07) is -1.50. The monoisotopic (exact) mass is 272 g/mol. The smallest absolute Gasteiger partial charge is 0.326 e. The maximum absolute atomic E-state index is 11.9. The Bertz CT molecular complexity index is 353. The van der Waals surface area contributed by atoms with Gasteiger partial charge in [0.25, 0.3) is 0 Å². The second kappa shape index (κ2) is 6.93. The van der Waals surface area contributed by atoms with Gasteiger partial charge < -0.3 is 26.0 Å². The molecular weight excluding hydrogens is 252 g/mol. The highest BCUT2D eigenvalue weighted by atomic mass is 16.4. The van der Waals surface area contributed by atoms with Gasteiger partial charge in [0, 0.05) is 32.6 Å². The molecule has 0 bridgehead atoms. The van der Waals surface area contributed by atoms with Gasteiger partial charge >= 0.3 is 12.0 Å². The Hall–Kier alpha value is -1.83. The summed E-state index contributed by atoms with van der Waals surface area (Å²) in [6.45, 7) is 2.63. The van der Waals surface area contributed by atoms with E-state index < -0.39 is 23.9 Å². The Morgan fingerprint density at radius 3 is 2.32 bits per heavy atom. The lowest BCUT2D eigenvalue weighted by atomic mass is 10.1. The van der Waals surface area contributed by atoms with Crippen molar-refractivity contribution in [3.05, 3.63) is 0 Å². The first-order chi connectivity index (χ1) is 8.90. The topological polar surface area (TPSA) is 116 Å². The lowest BCUT2D eigenvalue weighted by Gasteiger charge is -2.33. The molecule has 0 saturated carbocycles. The number of hydrogen-bond donors (Lipinski definition) is 3. The van der Waals surface area contributed by atoms with Crippen molar-refractivity contribution in [1.29, 1.82) is 0 Å². The molecule has 1 rings (SSSR count). The zero-order valence-corrected chi connectivity index (χ0v) is 11.0. The average molecular weight is 272 g/mol. The Kier molecular flexibility index (Phi) is 5.56. The van der Waals surface area contributed by atoms with Crippen molar-refractivity contribution < 1.29 is 19.5 Å². The van der Waals surface area contributed by atoms with Crippen LogP contribution in [-0.4, -0.2) is 72.1 Å². The van der Waals surface area contributed by atoms with Crippen molar-refractivity contribution in [3.8, 4) is 0 Å². The van der Waals surface area contributed by atoms with Gasteiger partial charge in [-0.15, -0.1) is 0 Å². The molecule has 1 aliphatic rings. The van der Waals surface area contributed by atoms with Crippen LogP contribution in [0.25, 0.3) is 0 Å². The number of nitrogens with two attached hydrogens (primary N) is 1. The molecule has 1 fully saturated rings. The molecule has 0 spiro atoms. The predicted octanol–water partition coefficient (Wildman–Crippen LogP) is -1.34. The van der Waals surface area contributed by atoms with Crippen LogP contribution in [0.2, 0.25) is 0 Å². The number of carboxylic acids is 1. The molecule has 0 aromatic heterocycles. The normalized spacial score (nSPS) is 17.8. The van der Waals surface area contributed by atoms with Crippen LogP contribution in [0, 0.1) is 0 Å². The quantitative estimate of drug-likeness (QED) is 0.573. The van der Waals surface area contributed by atoms with Crippen LogP contribution in [-0.2, 0) is 9.59 Å². The highest BCUT2D eigenvalue weighted by Gasteiger charge is 2.25. The molecule has 1 saturated heterocycles. The Balaban J connectivity index is 2.46. The number of carbonyl (C=O) groups is 3. The Morgan fingerprint density at radius 2 is 1.84 bits per heavy atom.